The first-order chi connectivity index (χ1) is 9.25. The van der Waals surface area contributed by atoms with E-state index in [1.807, 2.05) is 0 Å². The third-order valence-corrected chi connectivity index (χ3v) is 3.67. The lowest BCUT2D eigenvalue weighted by molar-refractivity contribution is -0.122. The van der Waals surface area contributed by atoms with Gasteiger partial charge in [0.05, 0.1) is 4.90 Å². The molecule has 0 saturated carbocycles. The molecule has 1 aliphatic heterocycles. The van der Waals surface area contributed by atoms with Gasteiger partial charge in [-0.25, -0.2) is 17.9 Å². The molecule has 0 bridgehead atoms. The van der Waals surface area contributed by atoms with Gasteiger partial charge in [-0.1, -0.05) is 0 Å². The van der Waals surface area contributed by atoms with Gasteiger partial charge in [-0.15, -0.1) is 0 Å². The summed E-state index contributed by atoms with van der Waals surface area (Å²) in [6.07, 6.45) is 0.575. The zero-order valence-electron chi connectivity index (χ0n) is 10.2. The number of anilines is 1. The largest absolute Gasteiger partial charge is 0.344 e. The number of rotatable bonds is 3. The van der Waals surface area contributed by atoms with E-state index in [0.717, 1.165) is 18.2 Å². The highest BCUT2D eigenvalue weighted by Crippen LogP contribution is 2.18. The van der Waals surface area contributed by atoms with Gasteiger partial charge in [-0.05, 0) is 24.6 Å². The maximum atomic E-state index is 13.3. The van der Waals surface area contributed by atoms with E-state index in [1.54, 1.807) is 0 Å². The van der Waals surface area contributed by atoms with Crippen molar-refractivity contribution < 1.29 is 22.4 Å². The van der Waals surface area contributed by atoms with Crippen LogP contribution in [-0.4, -0.2) is 26.3 Å². The Morgan fingerprint density at radius 1 is 1.40 bits per heavy atom. The Labute approximate surface area is 114 Å². The molecule has 2 amide bonds. The number of carbonyl (C=O) groups excluding carboxylic acids is 2. The Morgan fingerprint density at radius 3 is 2.65 bits per heavy atom. The van der Waals surface area contributed by atoms with Crippen LogP contribution in [0.3, 0.4) is 0 Å². The van der Waals surface area contributed by atoms with E-state index in [-0.39, 0.29) is 18.0 Å². The molecule has 0 radical (unpaired) electrons. The quantitative estimate of drug-likeness (QED) is 0.709. The molecule has 1 aromatic rings. The third-order valence-electron chi connectivity index (χ3n) is 2.78. The molecule has 1 aliphatic rings. The molecule has 0 aromatic heterocycles. The molecule has 20 heavy (non-hydrogen) atoms. The summed E-state index contributed by atoms with van der Waals surface area (Å²) in [7, 11) is -4.07. The molecular formula is C11H12FN3O4S. The first-order valence-corrected chi connectivity index (χ1v) is 7.24. The van der Waals surface area contributed by atoms with E-state index in [4.69, 9.17) is 5.14 Å². The number of halogens is 1. The van der Waals surface area contributed by atoms with Crippen LogP contribution in [0.15, 0.2) is 23.1 Å². The van der Waals surface area contributed by atoms with Gasteiger partial charge in [0.2, 0.25) is 21.8 Å². The van der Waals surface area contributed by atoms with Crippen LogP contribution >= 0.6 is 0 Å². The number of carbonyl (C=O) groups is 2. The summed E-state index contributed by atoms with van der Waals surface area (Å²) >= 11 is 0. The molecular weight excluding hydrogens is 289 g/mol. The summed E-state index contributed by atoms with van der Waals surface area (Å²) in [5.41, 5.74) is -0.0415. The van der Waals surface area contributed by atoms with Gasteiger partial charge in [0.25, 0.3) is 0 Å². The van der Waals surface area contributed by atoms with Gasteiger partial charge in [-0.3, -0.25) is 9.59 Å². The SMILES string of the molecule is NS(=O)(=O)c1cc(F)cc(NC(=O)[C@@H]2CCC(=O)N2)c1. The number of primary sulfonamides is 1. The van der Waals surface area contributed by atoms with Crippen LogP contribution in [0, 0.1) is 5.82 Å². The predicted molar refractivity (Wildman–Crippen MR) is 67.6 cm³/mol. The smallest absolute Gasteiger partial charge is 0.246 e. The lowest BCUT2D eigenvalue weighted by Crippen LogP contribution is -2.37. The van der Waals surface area contributed by atoms with Crippen molar-refractivity contribution in [1.82, 2.24) is 5.32 Å². The van der Waals surface area contributed by atoms with Gasteiger partial charge in [-0.2, -0.15) is 0 Å². The molecule has 7 nitrogen and oxygen atoms in total. The number of nitrogens with one attached hydrogen (secondary N) is 2. The molecule has 108 valence electrons. The minimum atomic E-state index is -4.07. The molecule has 4 N–H and O–H groups in total. The van der Waals surface area contributed by atoms with Crippen LogP contribution in [0.4, 0.5) is 10.1 Å². The average molecular weight is 301 g/mol. The van der Waals surface area contributed by atoms with Crippen LogP contribution in [0.5, 0.6) is 0 Å². The zero-order valence-corrected chi connectivity index (χ0v) is 11.0. The van der Waals surface area contributed by atoms with Crippen molar-refractivity contribution in [3.05, 3.63) is 24.0 Å². The first-order valence-electron chi connectivity index (χ1n) is 5.69. The highest BCUT2D eigenvalue weighted by Gasteiger charge is 2.27. The number of nitrogens with two attached hydrogens (primary N) is 1. The Bertz CT molecular complexity index is 674. The maximum absolute atomic E-state index is 13.3. The summed E-state index contributed by atoms with van der Waals surface area (Å²) in [5, 5.41) is 9.69. The van der Waals surface area contributed by atoms with E-state index in [2.05, 4.69) is 10.6 Å². The van der Waals surface area contributed by atoms with Crippen LogP contribution in [-0.2, 0) is 19.6 Å². The monoisotopic (exact) mass is 301 g/mol. The molecule has 0 spiro atoms. The molecule has 2 rings (SSSR count). The molecule has 0 unspecified atom stereocenters. The summed E-state index contributed by atoms with van der Waals surface area (Å²) in [4.78, 5) is 22.4. The van der Waals surface area contributed by atoms with Gasteiger partial charge in [0.1, 0.15) is 11.9 Å². The fourth-order valence-corrected chi connectivity index (χ4v) is 2.41. The van der Waals surface area contributed by atoms with Crippen LogP contribution in [0.2, 0.25) is 0 Å². The molecule has 1 atom stereocenters. The number of amides is 2. The lowest BCUT2D eigenvalue weighted by Gasteiger charge is -2.11. The summed E-state index contributed by atoms with van der Waals surface area (Å²) < 4.78 is 35.6. The zero-order chi connectivity index (χ0) is 14.9. The van der Waals surface area contributed by atoms with Gasteiger partial charge in [0.15, 0.2) is 0 Å². The second-order valence-electron chi connectivity index (χ2n) is 4.37. The predicted octanol–water partition coefficient (Wildman–Crippen LogP) is -0.310. The number of hydrogen-bond acceptors (Lipinski definition) is 4. The lowest BCUT2D eigenvalue weighted by atomic mass is 10.2. The fourth-order valence-electron chi connectivity index (χ4n) is 1.84. The highest BCUT2D eigenvalue weighted by atomic mass is 32.2. The van der Waals surface area contributed by atoms with Crippen molar-refractivity contribution in [2.75, 3.05) is 5.32 Å². The van der Waals surface area contributed by atoms with Crippen molar-refractivity contribution in [2.45, 2.75) is 23.8 Å². The summed E-state index contributed by atoms with van der Waals surface area (Å²) in [5.74, 6) is -1.63. The Kier molecular flexibility index (Phi) is 3.73. The Balaban J connectivity index is 2.19. The second kappa shape index (κ2) is 5.17. The second-order valence-corrected chi connectivity index (χ2v) is 5.93. The molecule has 1 heterocycles. The topological polar surface area (TPSA) is 118 Å². The van der Waals surface area contributed by atoms with E-state index in [9.17, 15) is 22.4 Å². The minimum Gasteiger partial charge on any atom is -0.344 e. The van der Waals surface area contributed by atoms with Gasteiger partial charge >= 0.3 is 0 Å². The molecule has 0 aliphatic carbocycles. The van der Waals surface area contributed by atoms with E-state index in [1.165, 1.54) is 0 Å². The molecule has 1 aromatic carbocycles. The van der Waals surface area contributed by atoms with Gasteiger partial charge in [0, 0.05) is 12.1 Å². The molecule has 1 fully saturated rings. The van der Waals surface area contributed by atoms with E-state index < -0.39 is 32.7 Å². The first kappa shape index (κ1) is 14.4. The third kappa shape index (κ3) is 3.31. The highest BCUT2D eigenvalue weighted by molar-refractivity contribution is 7.89. The Morgan fingerprint density at radius 2 is 2.10 bits per heavy atom. The van der Waals surface area contributed by atoms with E-state index >= 15 is 0 Å². The van der Waals surface area contributed by atoms with Crippen LogP contribution in [0.1, 0.15) is 12.8 Å². The number of hydrogen-bond donors (Lipinski definition) is 3. The maximum Gasteiger partial charge on any atom is 0.246 e. The fraction of sp³-hybridized carbons (Fsp3) is 0.273. The normalized spacial score (nSPS) is 18.7. The molecule has 1 saturated heterocycles. The molecule has 9 heteroatoms. The Hall–Kier alpha value is -2.00. The minimum absolute atomic E-state index is 0.0415. The van der Waals surface area contributed by atoms with E-state index in [0.29, 0.717) is 6.42 Å². The summed E-state index contributed by atoms with van der Waals surface area (Å²) in [6.45, 7) is 0. The average Bonchev–Trinajstić information content (AvgIpc) is 2.74. The standard InChI is InChI=1S/C11H12FN3O4S/c12-6-3-7(5-8(4-6)20(13,18)19)14-11(17)9-1-2-10(16)15-9/h3-5,9H,1-2H2,(H,14,17)(H,15,16)(H2,13,18,19)/t9-/m0/s1. The van der Waals surface area contributed by atoms with Crippen LogP contribution in [0.25, 0.3) is 0 Å². The van der Waals surface area contributed by atoms with Crippen molar-refractivity contribution in [3.8, 4) is 0 Å². The van der Waals surface area contributed by atoms with Crippen LogP contribution < -0.4 is 15.8 Å². The van der Waals surface area contributed by atoms with Crippen molar-refractivity contribution in [3.63, 3.8) is 0 Å². The number of sulfonamides is 1. The van der Waals surface area contributed by atoms with Crippen molar-refractivity contribution >= 4 is 27.5 Å². The van der Waals surface area contributed by atoms with Crippen molar-refractivity contribution in [2.24, 2.45) is 5.14 Å². The van der Waals surface area contributed by atoms with Crippen molar-refractivity contribution in [1.29, 1.82) is 0 Å². The van der Waals surface area contributed by atoms with Gasteiger partial charge < -0.3 is 10.6 Å². The number of benzene rings is 1. The summed E-state index contributed by atoms with van der Waals surface area (Å²) in [6, 6.07) is 2.06.